The Labute approximate surface area is 204 Å². The van der Waals surface area contributed by atoms with Gasteiger partial charge in [0, 0.05) is 11.6 Å². The van der Waals surface area contributed by atoms with E-state index >= 15 is 0 Å². The van der Waals surface area contributed by atoms with Gasteiger partial charge in [0.1, 0.15) is 6.10 Å². The number of ether oxygens (including phenoxy) is 2. The molecule has 0 bridgehead atoms. The third kappa shape index (κ3) is 3.76. The van der Waals surface area contributed by atoms with E-state index in [1.165, 1.54) is 7.11 Å². The molecule has 0 aromatic heterocycles. The second kappa shape index (κ2) is 8.95. The zero-order chi connectivity index (χ0) is 24.1. The summed E-state index contributed by atoms with van der Waals surface area (Å²) in [6, 6.07) is 0.232. The van der Waals surface area contributed by atoms with Crippen LogP contribution in [0.25, 0.3) is 0 Å². The summed E-state index contributed by atoms with van der Waals surface area (Å²) in [5.74, 6) is 1.48. The maximum atomic E-state index is 12.6. The molecule has 1 unspecified atom stereocenters. The van der Waals surface area contributed by atoms with Crippen molar-refractivity contribution >= 4 is 12.1 Å². The van der Waals surface area contributed by atoms with Crippen molar-refractivity contribution in [1.82, 2.24) is 10.6 Å². The van der Waals surface area contributed by atoms with E-state index in [0.29, 0.717) is 17.8 Å². The third-order valence-electron chi connectivity index (χ3n) is 11.4. The van der Waals surface area contributed by atoms with Crippen LogP contribution >= 0.6 is 0 Å². The van der Waals surface area contributed by atoms with Crippen LogP contribution in [0.15, 0.2) is 0 Å². The lowest BCUT2D eigenvalue weighted by Gasteiger charge is -2.64. The maximum Gasteiger partial charge on any atom is 0.407 e. The summed E-state index contributed by atoms with van der Waals surface area (Å²) in [5.41, 5.74) is 7.09. The van der Waals surface area contributed by atoms with Gasteiger partial charge in [0.25, 0.3) is 0 Å². The van der Waals surface area contributed by atoms with E-state index in [1.54, 1.807) is 0 Å². The number of carbonyl (C=O) groups is 2. The van der Waals surface area contributed by atoms with E-state index in [1.807, 2.05) is 0 Å². The molecule has 0 spiro atoms. The Bertz CT molecular complexity index is 801. The molecule has 4 saturated carbocycles. The van der Waals surface area contributed by atoms with Crippen molar-refractivity contribution in [3.05, 3.63) is 0 Å². The Morgan fingerprint density at radius 3 is 2.44 bits per heavy atom. The number of fused-ring (bicyclic) bond motifs is 5. The summed E-state index contributed by atoms with van der Waals surface area (Å²) < 4.78 is 11.1. The molecule has 4 aliphatic carbocycles. The molecular weight excluding hydrogens is 430 g/mol. The Morgan fingerprint density at radius 1 is 0.941 bits per heavy atom. The van der Waals surface area contributed by atoms with Crippen molar-refractivity contribution in [3.8, 4) is 0 Å². The van der Waals surface area contributed by atoms with Gasteiger partial charge in [0.05, 0.1) is 13.0 Å². The topological polar surface area (TPSA) is 103 Å². The molecule has 1 saturated heterocycles. The summed E-state index contributed by atoms with van der Waals surface area (Å²) in [7, 11) is 1.51. The van der Waals surface area contributed by atoms with Crippen LogP contribution in [-0.2, 0) is 14.3 Å². The lowest BCUT2D eigenvalue weighted by atomic mass is 9.42. The van der Waals surface area contributed by atoms with Crippen molar-refractivity contribution in [1.29, 1.82) is 0 Å². The number of amides is 1. The summed E-state index contributed by atoms with van der Waals surface area (Å²) in [5, 5.41) is 6.42. The fourth-order valence-electron chi connectivity index (χ4n) is 9.23. The molecule has 0 radical (unpaired) electrons. The van der Waals surface area contributed by atoms with E-state index < -0.39 is 0 Å². The van der Waals surface area contributed by atoms with Crippen LogP contribution in [-0.4, -0.2) is 49.9 Å². The van der Waals surface area contributed by atoms with Crippen LogP contribution in [0, 0.1) is 34.5 Å². The van der Waals surface area contributed by atoms with Crippen molar-refractivity contribution in [3.63, 3.8) is 0 Å². The van der Waals surface area contributed by atoms with Crippen LogP contribution in [0.3, 0.4) is 0 Å². The van der Waals surface area contributed by atoms with Gasteiger partial charge >= 0.3 is 12.1 Å². The van der Waals surface area contributed by atoms with Crippen LogP contribution in [0.4, 0.5) is 4.79 Å². The van der Waals surface area contributed by atoms with Crippen LogP contribution in [0.1, 0.15) is 84.5 Å². The second-order valence-corrected chi connectivity index (χ2v) is 12.6. The molecule has 1 amide bonds. The number of esters is 1. The number of hydrogen-bond acceptors (Lipinski definition) is 6. The molecule has 4 N–H and O–H groups in total. The van der Waals surface area contributed by atoms with Crippen molar-refractivity contribution in [2.75, 3.05) is 20.2 Å². The lowest BCUT2D eigenvalue weighted by molar-refractivity contribution is -0.160. The number of nitrogens with one attached hydrogen (secondary N) is 2. The number of rotatable bonds is 3. The molecule has 8 atom stereocenters. The zero-order valence-electron chi connectivity index (χ0n) is 21.4. The highest BCUT2D eigenvalue weighted by atomic mass is 16.6. The SMILES string of the molecule is COC(=O)[C@H]1CC[C@]2(N)C3CC[C@@H]4C[C@@H](OC(=O)NC5CCNCC5)CC[C@]4(C)[C@H]3CC[C@]12C. The quantitative estimate of drug-likeness (QED) is 0.537. The first kappa shape index (κ1) is 24.4. The number of methoxy groups -OCH3 is 1. The smallest absolute Gasteiger partial charge is 0.407 e. The van der Waals surface area contributed by atoms with Gasteiger partial charge in [-0.15, -0.1) is 0 Å². The first-order valence-corrected chi connectivity index (χ1v) is 13.8. The number of piperidine rings is 1. The van der Waals surface area contributed by atoms with E-state index in [-0.39, 0.29) is 46.5 Å². The fourth-order valence-corrected chi connectivity index (χ4v) is 9.23. The Balaban J connectivity index is 1.24. The lowest BCUT2D eigenvalue weighted by Crippen LogP contribution is -2.66. The number of carbonyl (C=O) groups excluding carboxylic acids is 2. The fraction of sp³-hybridized carbons (Fsp3) is 0.926. The minimum atomic E-state index is -0.287. The van der Waals surface area contributed by atoms with Crippen LogP contribution < -0.4 is 16.4 Å². The van der Waals surface area contributed by atoms with Gasteiger partial charge in [0.2, 0.25) is 0 Å². The van der Waals surface area contributed by atoms with Gasteiger partial charge in [0.15, 0.2) is 0 Å². The minimum Gasteiger partial charge on any atom is -0.469 e. The zero-order valence-corrected chi connectivity index (χ0v) is 21.4. The van der Waals surface area contributed by atoms with Gasteiger partial charge in [-0.05, 0) is 112 Å². The number of hydrogen-bond donors (Lipinski definition) is 3. The van der Waals surface area contributed by atoms with Gasteiger partial charge < -0.3 is 25.8 Å². The monoisotopic (exact) mass is 475 g/mol. The Hall–Kier alpha value is -1.34. The molecule has 7 nitrogen and oxygen atoms in total. The first-order chi connectivity index (χ1) is 16.2. The average Bonchev–Trinajstić information content (AvgIpc) is 3.10. The summed E-state index contributed by atoms with van der Waals surface area (Å²) in [6.45, 7) is 6.66. The number of nitrogens with two attached hydrogens (primary N) is 1. The molecule has 5 fully saturated rings. The summed E-state index contributed by atoms with van der Waals surface area (Å²) in [4.78, 5) is 25.1. The predicted octanol–water partition coefficient (Wildman–Crippen LogP) is 3.75. The summed E-state index contributed by atoms with van der Waals surface area (Å²) >= 11 is 0. The Kier molecular flexibility index (Phi) is 6.41. The predicted molar refractivity (Wildman–Crippen MR) is 130 cm³/mol. The number of alkyl carbamates (subject to hydrolysis) is 1. The molecule has 1 heterocycles. The average molecular weight is 476 g/mol. The molecule has 0 aromatic rings. The molecule has 192 valence electrons. The molecule has 5 rings (SSSR count). The largest absolute Gasteiger partial charge is 0.469 e. The highest BCUT2D eigenvalue weighted by Gasteiger charge is 2.67. The molecule has 0 aromatic carbocycles. The normalized spacial score (nSPS) is 46.5. The molecule has 1 aliphatic heterocycles. The van der Waals surface area contributed by atoms with Gasteiger partial charge in [-0.1, -0.05) is 13.8 Å². The van der Waals surface area contributed by atoms with Crippen LogP contribution in [0.5, 0.6) is 0 Å². The molecule has 7 heteroatoms. The second-order valence-electron chi connectivity index (χ2n) is 12.6. The van der Waals surface area contributed by atoms with Gasteiger partial charge in [-0.25, -0.2) is 4.79 Å². The molecule has 34 heavy (non-hydrogen) atoms. The third-order valence-corrected chi connectivity index (χ3v) is 11.4. The van der Waals surface area contributed by atoms with Crippen molar-refractivity contribution in [2.45, 2.75) is 102 Å². The highest BCUT2D eigenvalue weighted by Crippen LogP contribution is 2.68. The first-order valence-electron chi connectivity index (χ1n) is 13.8. The highest BCUT2D eigenvalue weighted by molar-refractivity contribution is 5.74. The minimum absolute atomic E-state index is 0.0206. The van der Waals surface area contributed by atoms with E-state index in [0.717, 1.165) is 83.7 Å². The van der Waals surface area contributed by atoms with E-state index in [4.69, 9.17) is 15.2 Å². The van der Waals surface area contributed by atoms with Crippen molar-refractivity contribution in [2.24, 2.45) is 40.2 Å². The standard InChI is InChI=1S/C27H45N3O4/c1-25-11-6-19(34-24(32)30-18-9-14-29-15-10-18)16-17(25)4-5-21-20(25)7-12-26(2)22(23(31)33-3)8-13-27(21,26)28/h17-22,29H,4-16,28H2,1-3H3,(H,30,32)/t17-,19+,20+,21?,22-,25+,26-,27+/m1/s1. The van der Waals surface area contributed by atoms with Gasteiger partial charge in [-0.2, -0.15) is 0 Å². The van der Waals surface area contributed by atoms with Gasteiger partial charge in [-0.3, -0.25) is 4.79 Å². The van der Waals surface area contributed by atoms with E-state index in [2.05, 4.69) is 24.5 Å². The maximum absolute atomic E-state index is 12.6. The van der Waals surface area contributed by atoms with Crippen LogP contribution in [0.2, 0.25) is 0 Å². The van der Waals surface area contributed by atoms with E-state index in [9.17, 15) is 9.59 Å². The Morgan fingerprint density at radius 2 is 1.71 bits per heavy atom. The summed E-state index contributed by atoms with van der Waals surface area (Å²) in [6.07, 6.45) is 10.9. The molecular formula is C27H45N3O4. The van der Waals surface area contributed by atoms with Crippen molar-refractivity contribution < 1.29 is 19.1 Å². The molecule has 5 aliphatic rings.